The summed E-state index contributed by atoms with van der Waals surface area (Å²) >= 11 is 0. The first-order valence-electron chi connectivity index (χ1n) is 9.55. The third-order valence-corrected chi connectivity index (χ3v) is 5.22. The van der Waals surface area contributed by atoms with Crippen molar-refractivity contribution in [3.8, 4) is 11.1 Å². The van der Waals surface area contributed by atoms with Gasteiger partial charge in [-0.1, -0.05) is 6.92 Å². The molecule has 2 aromatic carbocycles. The summed E-state index contributed by atoms with van der Waals surface area (Å²) in [4.78, 5) is 58.6. The SMILES string of the molecule is COC(=O)C(C)CCN=C1c2cc([N+](=O)[O-])cc([N+](=O)[O-])c2-c2c1cc([N+](=O)[O-])cc2[N+](=O)[O-]. The molecule has 3 rings (SSSR count). The number of esters is 1. The Hall–Kier alpha value is -4.82. The first kappa shape index (κ1) is 23.8. The van der Waals surface area contributed by atoms with Gasteiger partial charge in [-0.05, 0) is 6.42 Å². The number of hydrogen-bond acceptors (Lipinski definition) is 11. The smallest absolute Gasteiger partial charge is 0.308 e. The molecule has 0 radical (unpaired) electrons. The zero-order valence-corrected chi connectivity index (χ0v) is 17.6. The molecule has 0 saturated carbocycles. The van der Waals surface area contributed by atoms with Crippen LogP contribution in [-0.2, 0) is 9.53 Å². The summed E-state index contributed by atoms with van der Waals surface area (Å²) in [5.41, 5.74) is -3.90. The maximum Gasteiger partial charge on any atom is 0.308 e. The number of ether oxygens (including phenoxy) is 1. The van der Waals surface area contributed by atoms with Crippen LogP contribution in [0.3, 0.4) is 0 Å². The molecule has 2 aromatic rings. The number of benzene rings is 2. The Kier molecular flexibility index (Phi) is 6.29. The van der Waals surface area contributed by atoms with Crippen LogP contribution in [-0.4, -0.2) is 45.0 Å². The molecule has 0 aliphatic heterocycles. The highest BCUT2D eigenvalue weighted by atomic mass is 16.6. The Morgan fingerprint density at radius 3 is 1.65 bits per heavy atom. The van der Waals surface area contributed by atoms with Gasteiger partial charge < -0.3 is 4.74 Å². The Balaban J connectivity index is 2.34. The van der Waals surface area contributed by atoms with Crippen molar-refractivity contribution in [1.29, 1.82) is 0 Å². The van der Waals surface area contributed by atoms with E-state index in [4.69, 9.17) is 0 Å². The van der Waals surface area contributed by atoms with Crippen molar-refractivity contribution in [2.75, 3.05) is 13.7 Å². The van der Waals surface area contributed by atoms with Crippen LogP contribution >= 0.6 is 0 Å². The second-order valence-electron chi connectivity index (χ2n) is 7.25. The van der Waals surface area contributed by atoms with Crippen LogP contribution in [0.4, 0.5) is 22.7 Å². The summed E-state index contributed by atoms with van der Waals surface area (Å²) in [7, 11) is 1.20. The highest BCUT2D eigenvalue weighted by Gasteiger charge is 2.41. The highest BCUT2D eigenvalue weighted by Crippen LogP contribution is 2.50. The Morgan fingerprint density at radius 1 is 0.853 bits per heavy atom. The molecule has 0 heterocycles. The highest BCUT2D eigenvalue weighted by molar-refractivity contribution is 6.27. The predicted molar refractivity (Wildman–Crippen MR) is 115 cm³/mol. The van der Waals surface area contributed by atoms with Gasteiger partial charge in [-0.15, -0.1) is 0 Å². The predicted octanol–water partition coefficient (Wildman–Crippen LogP) is 3.34. The molecule has 15 heteroatoms. The monoisotopic (exact) mass is 473 g/mol. The van der Waals surface area contributed by atoms with Gasteiger partial charge in [0.1, 0.15) is 0 Å². The largest absolute Gasteiger partial charge is 0.469 e. The fraction of sp³-hybridized carbons (Fsp3) is 0.263. The topological polar surface area (TPSA) is 211 Å². The van der Waals surface area contributed by atoms with Gasteiger partial charge in [-0.2, -0.15) is 0 Å². The minimum absolute atomic E-state index is 0.0720. The molecule has 1 atom stereocenters. The van der Waals surface area contributed by atoms with Crippen LogP contribution in [0, 0.1) is 46.4 Å². The van der Waals surface area contributed by atoms with Crippen molar-refractivity contribution in [2.45, 2.75) is 13.3 Å². The van der Waals surface area contributed by atoms with E-state index in [1.807, 2.05) is 0 Å². The number of methoxy groups -OCH3 is 1. The number of nitro groups is 4. The number of carbonyl (C=O) groups excluding carboxylic acids is 1. The third kappa shape index (κ3) is 4.13. The molecule has 0 N–H and O–H groups in total. The fourth-order valence-electron chi connectivity index (χ4n) is 3.63. The Labute approximate surface area is 189 Å². The summed E-state index contributed by atoms with van der Waals surface area (Å²) in [6.07, 6.45) is 0.148. The molecular formula is C19H15N5O10. The van der Waals surface area contributed by atoms with Crippen LogP contribution in [0.2, 0.25) is 0 Å². The lowest BCUT2D eigenvalue weighted by atomic mass is 10.0. The summed E-state index contributed by atoms with van der Waals surface area (Å²) < 4.78 is 4.63. The molecule has 176 valence electrons. The second kappa shape index (κ2) is 8.97. The number of non-ortho nitro benzene ring substituents is 2. The van der Waals surface area contributed by atoms with Crippen LogP contribution in [0.25, 0.3) is 11.1 Å². The van der Waals surface area contributed by atoms with E-state index in [2.05, 4.69) is 9.73 Å². The van der Waals surface area contributed by atoms with Gasteiger partial charge in [0, 0.05) is 29.8 Å². The van der Waals surface area contributed by atoms with Gasteiger partial charge in [0.05, 0.1) is 61.7 Å². The van der Waals surface area contributed by atoms with E-state index in [0.717, 1.165) is 12.1 Å². The molecule has 34 heavy (non-hydrogen) atoms. The first-order chi connectivity index (χ1) is 16.0. The van der Waals surface area contributed by atoms with Crippen molar-refractivity contribution in [3.63, 3.8) is 0 Å². The van der Waals surface area contributed by atoms with Gasteiger partial charge >= 0.3 is 5.97 Å². The van der Waals surface area contributed by atoms with Gasteiger partial charge in [-0.25, -0.2) is 0 Å². The van der Waals surface area contributed by atoms with Gasteiger partial charge in [0.25, 0.3) is 22.7 Å². The number of rotatable bonds is 8. The number of nitrogens with zero attached hydrogens (tertiary/aromatic N) is 5. The molecular weight excluding hydrogens is 458 g/mol. The molecule has 0 fully saturated rings. The lowest BCUT2D eigenvalue weighted by Crippen LogP contribution is -2.14. The van der Waals surface area contributed by atoms with Crippen molar-refractivity contribution < 1.29 is 29.2 Å². The zero-order chi connectivity index (χ0) is 25.3. The second-order valence-corrected chi connectivity index (χ2v) is 7.25. The van der Waals surface area contributed by atoms with E-state index in [1.54, 1.807) is 6.92 Å². The molecule has 0 aromatic heterocycles. The van der Waals surface area contributed by atoms with Gasteiger partial charge in [0.15, 0.2) is 0 Å². The normalized spacial score (nSPS) is 12.4. The number of nitro benzene ring substituents is 4. The van der Waals surface area contributed by atoms with E-state index in [0.29, 0.717) is 12.1 Å². The van der Waals surface area contributed by atoms with Gasteiger partial charge in [0.2, 0.25) is 0 Å². The summed E-state index contributed by atoms with van der Waals surface area (Å²) in [5, 5.41) is 46.2. The van der Waals surface area contributed by atoms with E-state index < -0.39 is 54.3 Å². The number of carbonyl (C=O) groups is 1. The lowest BCUT2D eigenvalue weighted by molar-refractivity contribution is -0.395. The van der Waals surface area contributed by atoms with Gasteiger partial charge in [-0.3, -0.25) is 50.2 Å². The minimum atomic E-state index is -0.928. The summed E-state index contributed by atoms with van der Waals surface area (Å²) in [6.45, 7) is 1.49. The minimum Gasteiger partial charge on any atom is -0.469 e. The van der Waals surface area contributed by atoms with Crippen molar-refractivity contribution in [1.82, 2.24) is 0 Å². The Bertz CT molecular complexity index is 1220. The van der Waals surface area contributed by atoms with Crippen LogP contribution in [0.1, 0.15) is 24.5 Å². The van der Waals surface area contributed by atoms with Crippen LogP contribution < -0.4 is 0 Å². The van der Waals surface area contributed by atoms with E-state index in [9.17, 15) is 45.3 Å². The molecule has 1 aliphatic rings. The van der Waals surface area contributed by atoms with E-state index in [1.165, 1.54) is 7.11 Å². The average molecular weight is 473 g/mol. The quantitative estimate of drug-likeness (QED) is 0.264. The molecule has 0 saturated heterocycles. The van der Waals surface area contributed by atoms with Crippen molar-refractivity contribution >= 4 is 34.4 Å². The molecule has 0 amide bonds. The standard InChI is InChI=1S/C19H15N5O10/c1-9(19(25)34-2)3-4-20-18-12-5-10(21(26)27)7-14(23(30)31)16(12)17-13(18)6-11(22(28)29)8-15(17)24(32)33/h5-9H,3-4H2,1-2H3. The van der Waals surface area contributed by atoms with E-state index >= 15 is 0 Å². The summed E-state index contributed by atoms with van der Waals surface area (Å²) in [5.74, 6) is -1.11. The number of fused-ring (bicyclic) bond motifs is 3. The molecule has 15 nitrogen and oxygen atoms in total. The molecule has 1 unspecified atom stereocenters. The fourth-order valence-corrected chi connectivity index (χ4v) is 3.63. The number of aliphatic imine (C=N–C) groups is 1. The Morgan fingerprint density at radius 2 is 1.29 bits per heavy atom. The average Bonchev–Trinajstić information content (AvgIpc) is 3.10. The van der Waals surface area contributed by atoms with Crippen molar-refractivity contribution in [2.24, 2.45) is 10.9 Å². The molecule has 0 bridgehead atoms. The lowest BCUT2D eigenvalue weighted by Gasteiger charge is -2.08. The van der Waals surface area contributed by atoms with E-state index in [-0.39, 0.29) is 40.9 Å². The molecule has 0 spiro atoms. The van der Waals surface area contributed by atoms with Crippen molar-refractivity contribution in [3.05, 3.63) is 75.8 Å². The maximum absolute atomic E-state index is 11.7. The number of hydrogen-bond donors (Lipinski definition) is 0. The molecule has 1 aliphatic carbocycles. The summed E-state index contributed by atoms with van der Waals surface area (Å²) in [6, 6.07) is 3.27. The third-order valence-electron chi connectivity index (χ3n) is 5.22. The van der Waals surface area contributed by atoms with Crippen LogP contribution in [0.5, 0.6) is 0 Å². The first-order valence-corrected chi connectivity index (χ1v) is 9.55. The van der Waals surface area contributed by atoms with Crippen LogP contribution in [0.15, 0.2) is 29.3 Å². The zero-order valence-electron chi connectivity index (χ0n) is 17.6. The maximum atomic E-state index is 11.7.